The van der Waals surface area contributed by atoms with Gasteiger partial charge < -0.3 is 15.4 Å². The minimum absolute atomic E-state index is 0.204. The highest BCUT2D eigenvalue weighted by Gasteiger charge is 2.10. The van der Waals surface area contributed by atoms with Crippen molar-refractivity contribution in [3.05, 3.63) is 53.9 Å². The number of benzene rings is 1. The van der Waals surface area contributed by atoms with Crippen LogP contribution in [0.15, 0.2) is 36.5 Å². The molecule has 0 aliphatic rings. The Kier molecular flexibility index (Phi) is 5.37. The van der Waals surface area contributed by atoms with Crippen molar-refractivity contribution >= 4 is 17.3 Å². The second-order valence-electron chi connectivity index (χ2n) is 4.40. The molecule has 0 aliphatic heterocycles. The highest BCUT2D eigenvalue weighted by atomic mass is 19.1. The number of hydrogen-bond donors (Lipinski definition) is 2. The topological polar surface area (TPSA) is 63.2 Å². The average molecular weight is 307 g/mol. The van der Waals surface area contributed by atoms with Gasteiger partial charge in [0.1, 0.15) is 23.0 Å². The maximum Gasteiger partial charge on any atom is 0.269 e. The zero-order valence-corrected chi connectivity index (χ0v) is 11.9. The number of carbonyl (C=O) groups excluding carboxylic acids is 1. The first kappa shape index (κ1) is 15.8. The van der Waals surface area contributed by atoms with Crippen LogP contribution in [0.5, 0.6) is 0 Å². The van der Waals surface area contributed by atoms with Crippen molar-refractivity contribution in [2.24, 2.45) is 0 Å². The molecular formula is C15H15F2N3O2. The van der Waals surface area contributed by atoms with Gasteiger partial charge in [0.25, 0.3) is 5.91 Å². The molecule has 1 heterocycles. The molecule has 1 aromatic heterocycles. The molecule has 5 nitrogen and oxygen atoms in total. The van der Waals surface area contributed by atoms with Crippen molar-refractivity contribution in [2.75, 3.05) is 25.6 Å². The number of rotatable bonds is 6. The van der Waals surface area contributed by atoms with E-state index in [9.17, 15) is 13.6 Å². The lowest BCUT2D eigenvalue weighted by molar-refractivity contribution is 0.0932. The number of nitrogens with one attached hydrogen (secondary N) is 2. The normalized spacial score (nSPS) is 10.3. The Morgan fingerprint density at radius 3 is 2.55 bits per heavy atom. The number of hydrogen-bond acceptors (Lipinski definition) is 4. The van der Waals surface area contributed by atoms with Gasteiger partial charge in [0, 0.05) is 13.7 Å². The summed E-state index contributed by atoms with van der Waals surface area (Å²) in [6.45, 7) is 0.773. The Balaban J connectivity index is 2.04. The monoisotopic (exact) mass is 307 g/mol. The predicted octanol–water partition coefficient (Wildman–Crippen LogP) is 2.48. The van der Waals surface area contributed by atoms with Gasteiger partial charge in [-0.3, -0.25) is 4.79 Å². The van der Waals surface area contributed by atoms with E-state index in [0.29, 0.717) is 18.8 Å². The first-order chi connectivity index (χ1) is 10.6. The predicted molar refractivity (Wildman–Crippen MR) is 78.1 cm³/mol. The van der Waals surface area contributed by atoms with Gasteiger partial charge in [-0.15, -0.1) is 0 Å². The van der Waals surface area contributed by atoms with Gasteiger partial charge in [0.05, 0.1) is 18.5 Å². The van der Waals surface area contributed by atoms with Crippen LogP contribution in [0.25, 0.3) is 0 Å². The number of aromatic nitrogens is 1. The Bertz CT molecular complexity index is 627. The van der Waals surface area contributed by atoms with E-state index >= 15 is 0 Å². The van der Waals surface area contributed by atoms with Crippen LogP contribution in [0.2, 0.25) is 0 Å². The van der Waals surface area contributed by atoms with Gasteiger partial charge >= 0.3 is 0 Å². The number of para-hydroxylation sites is 1. The number of ether oxygens (including phenoxy) is 1. The van der Waals surface area contributed by atoms with E-state index in [-0.39, 0.29) is 17.3 Å². The van der Waals surface area contributed by atoms with Crippen LogP contribution in [-0.4, -0.2) is 31.2 Å². The molecule has 2 aromatic rings. The Hall–Kier alpha value is -2.54. The van der Waals surface area contributed by atoms with Gasteiger partial charge in [-0.05, 0) is 24.3 Å². The van der Waals surface area contributed by atoms with E-state index in [2.05, 4.69) is 15.6 Å². The highest BCUT2D eigenvalue weighted by molar-refractivity contribution is 5.92. The molecule has 7 heteroatoms. The van der Waals surface area contributed by atoms with Gasteiger partial charge in [0.15, 0.2) is 0 Å². The van der Waals surface area contributed by atoms with E-state index in [1.165, 1.54) is 31.5 Å². The van der Waals surface area contributed by atoms with Gasteiger partial charge in [0.2, 0.25) is 0 Å². The lowest BCUT2D eigenvalue weighted by Gasteiger charge is -2.09. The molecule has 1 amide bonds. The van der Waals surface area contributed by atoms with Gasteiger partial charge in [-0.2, -0.15) is 0 Å². The molecule has 116 valence electrons. The lowest BCUT2D eigenvalue weighted by Crippen LogP contribution is -2.27. The van der Waals surface area contributed by atoms with E-state index in [4.69, 9.17) is 4.74 Å². The molecule has 0 spiro atoms. The largest absolute Gasteiger partial charge is 0.383 e. The average Bonchev–Trinajstić information content (AvgIpc) is 2.52. The number of nitrogens with zero attached hydrogens (tertiary/aromatic N) is 1. The van der Waals surface area contributed by atoms with Crippen LogP contribution >= 0.6 is 0 Å². The quantitative estimate of drug-likeness (QED) is 0.805. The molecule has 0 radical (unpaired) electrons. The lowest BCUT2D eigenvalue weighted by atomic mass is 10.2. The molecule has 0 atom stereocenters. The number of halogens is 2. The van der Waals surface area contributed by atoms with Crippen molar-refractivity contribution in [1.29, 1.82) is 0 Å². The fourth-order valence-corrected chi connectivity index (χ4v) is 1.72. The van der Waals surface area contributed by atoms with Crippen molar-refractivity contribution in [2.45, 2.75) is 0 Å². The second-order valence-corrected chi connectivity index (χ2v) is 4.40. The van der Waals surface area contributed by atoms with Crippen LogP contribution in [-0.2, 0) is 4.74 Å². The summed E-state index contributed by atoms with van der Waals surface area (Å²) >= 11 is 0. The van der Waals surface area contributed by atoms with E-state index in [1.54, 1.807) is 0 Å². The van der Waals surface area contributed by atoms with Crippen LogP contribution in [0, 0.1) is 11.6 Å². The van der Waals surface area contributed by atoms with Crippen LogP contribution in [0.4, 0.5) is 20.2 Å². The van der Waals surface area contributed by atoms with E-state index in [1.807, 2.05) is 0 Å². The van der Waals surface area contributed by atoms with Gasteiger partial charge in [-0.1, -0.05) is 6.07 Å². The first-order valence-corrected chi connectivity index (χ1v) is 6.56. The molecule has 0 saturated heterocycles. The van der Waals surface area contributed by atoms with Crippen LogP contribution in [0.3, 0.4) is 0 Å². The zero-order chi connectivity index (χ0) is 15.9. The Morgan fingerprint density at radius 1 is 1.23 bits per heavy atom. The summed E-state index contributed by atoms with van der Waals surface area (Å²) in [5.74, 6) is -1.76. The van der Waals surface area contributed by atoms with Crippen molar-refractivity contribution in [3.63, 3.8) is 0 Å². The third kappa shape index (κ3) is 3.98. The Labute approximate surface area is 126 Å². The number of methoxy groups -OCH3 is 1. The molecule has 0 aliphatic carbocycles. The summed E-state index contributed by atoms with van der Waals surface area (Å²) in [6, 6.07) is 6.56. The summed E-state index contributed by atoms with van der Waals surface area (Å²) in [7, 11) is 1.53. The summed E-state index contributed by atoms with van der Waals surface area (Å²) in [6.07, 6.45) is 1.33. The maximum atomic E-state index is 13.5. The SMILES string of the molecule is COCCNC(=O)c1ccc(Nc2c(F)cccc2F)cn1. The molecule has 22 heavy (non-hydrogen) atoms. The fraction of sp³-hybridized carbons (Fsp3) is 0.200. The fourth-order valence-electron chi connectivity index (χ4n) is 1.72. The smallest absolute Gasteiger partial charge is 0.269 e. The van der Waals surface area contributed by atoms with Crippen molar-refractivity contribution in [3.8, 4) is 0 Å². The molecule has 1 aromatic carbocycles. The number of amides is 1. The molecule has 0 saturated carbocycles. The molecule has 2 N–H and O–H groups in total. The molecular weight excluding hydrogens is 292 g/mol. The summed E-state index contributed by atoms with van der Waals surface area (Å²) < 4.78 is 31.9. The van der Waals surface area contributed by atoms with Crippen LogP contribution < -0.4 is 10.6 Å². The van der Waals surface area contributed by atoms with Crippen molar-refractivity contribution in [1.82, 2.24) is 10.3 Å². The third-order valence-corrected chi connectivity index (χ3v) is 2.82. The molecule has 0 fully saturated rings. The van der Waals surface area contributed by atoms with E-state index in [0.717, 1.165) is 12.1 Å². The molecule has 0 bridgehead atoms. The van der Waals surface area contributed by atoms with Crippen molar-refractivity contribution < 1.29 is 18.3 Å². The number of anilines is 2. The highest BCUT2D eigenvalue weighted by Crippen LogP contribution is 2.22. The summed E-state index contributed by atoms with van der Waals surface area (Å²) in [5, 5.41) is 5.22. The van der Waals surface area contributed by atoms with E-state index < -0.39 is 11.6 Å². The minimum Gasteiger partial charge on any atom is -0.383 e. The maximum absolute atomic E-state index is 13.5. The standard InChI is InChI=1S/C15H15F2N3O2/c1-22-8-7-18-15(21)13-6-5-10(9-19-13)20-14-11(16)3-2-4-12(14)17/h2-6,9,20H,7-8H2,1H3,(H,18,21). The summed E-state index contributed by atoms with van der Waals surface area (Å²) in [4.78, 5) is 15.7. The third-order valence-electron chi connectivity index (χ3n) is 2.82. The van der Waals surface area contributed by atoms with Crippen LogP contribution in [0.1, 0.15) is 10.5 Å². The number of carbonyl (C=O) groups is 1. The minimum atomic E-state index is -0.707. The Morgan fingerprint density at radius 2 is 1.95 bits per heavy atom. The molecule has 2 rings (SSSR count). The number of pyridine rings is 1. The first-order valence-electron chi connectivity index (χ1n) is 6.56. The molecule has 0 unspecified atom stereocenters. The van der Waals surface area contributed by atoms with Gasteiger partial charge in [-0.25, -0.2) is 13.8 Å². The second kappa shape index (κ2) is 7.46. The zero-order valence-electron chi connectivity index (χ0n) is 11.9. The summed E-state index contributed by atoms with van der Waals surface area (Å²) in [5.41, 5.74) is 0.315.